The van der Waals surface area contributed by atoms with Crippen molar-refractivity contribution < 1.29 is 0 Å². The number of hydrogen-bond donors (Lipinski definition) is 1. The van der Waals surface area contributed by atoms with Gasteiger partial charge in [0, 0.05) is 6.49 Å². The minimum Gasteiger partial charge on any atom is -0.279 e. The molecule has 0 saturated heterocycles. The molecule has 1 atom stereocenters. The van der Waals surface area contributed by atoms with Crippen molar-refractivity contribution in [2.45, 2.75) is 0 Å². The summed E-state index contributed by atoms with van der Waals surface area (Å²) in [6.45, 7) is 0.926. The average molecular weight is 93.1 g/mol. The smallest absolute Gasteiger partial charge is 0.0254 e. The largest absolute Gasteiger partial charge is 0.279 e. The second-order valence-corrected chi connectivity index (χ2v) is 3.14. The van der Waals surface area contributed by atoms with Gasteiger partial charge < -0.3 is 0 Å². The van der Waals surface area contributed by atoms with Crippen LogP contribution in [0.4, 0.5) is 0 Å². The van der Waals surface area contributed by atoms with E-state index >= 15 is 0 Å². The summed E-state index contributed by atoms with van der Waals surface area (Å²) in [4.78, 5) is 0. The van der Waals surface area contributed by atoms with Gasteiger partial charge in [-0.15, -0.1) is 0 Å². The summed E-state index contributed by atoms with van der Waals surface area (Å²) in [5.74, 6) is 0. The fourth-order valence-electron chi connectivity index (χ4n) is 0. The molecule has 0 aromatic carbocycles. The number of nitrogens with one attached hydrogen (secondary N) is 1. The lowest BCUT2D eigenvalue weighted by Gasteiger charge is -1.45. The van der Waals surface area contributed by atoms with Crippen LogP contribution < -0.4 is 0 Å². The van der Waals surface area contributed by atoms with Gasteiger partial charge in [0.15, 0.2) is 0 Å². The normalized spacial score (nSPS) is 10.8. The summed E-state index contributed by atoms with van der Waals surface area (Å²) in [7, 11) is 0. The van der Waals surface area contributed by atoms with Crippen LogP contribution in [-0.4, -0.2) is 6.66 Å². The molecule has 0 fully saturated rings. The highest BCUT2D eigenvalue weighted by Gasteiger charge is 1.39. The van der Waals surface area contributed by atoms with Crippen molar-refractivity contribution in [3.05, 3.63) is 0 Å². The maximum absolute atomic E-state index is 6.46. The Balaban J connectivity index is 3.51. The standard InChI is InChI=1S/CH4NPS/c1-3(2)4/h2H,1H3. The van der Waals surface area contributed by atoms with E-state index in [1.165, 1.54) is 0 Å². The first-order valence-electron chi connectivity index (χ1n) is 0.853. The van der Waals surface area contributed by atoms with Crippen molar-refractivity contribution in [3.63, 3.8) is 0 Å². The van der Waals surface area contributed by atoms with Crippen molar-refractivity contribution in [2.24, 2.45) is 0 Å². The summed E-state index contributed by atoms with van der Waals surface area (Å²) in [5, 5.41) is 6.46. The molecule has 0 aromatic rings. The zero-order chi connectivity index (χ0) is 3.58. The summed E-state index contributed by atoms with van der Waals surface area (Å²) in [5.41, 5.74) is 0. The molecule has 4 heavy (non-hydrogen) atoms. The maximum Gasteiger partial charge on any atom is 0.0254 e. The third-order valence-electron chi connectivity index (χ3n) is 0. The van der Waals surface area contributed by atoms with Gasteiger partial charge in [-0.05, 0) is 18.5 Å². The average Bonchev–Trinajstić information content (AvgIpc) is 0.811. The first-order valence-corrected chi connectivity index (χ1v) is 3.66. The Labute approximate surface area is 31.0 Å². The van der Waals surface area contributed by atoms with E-state index in [4.69, 9.17) is 5.16 Å². The van der Waals surface area contributed by atoms with Crippen LogP contribution in [-0.2, 0) is 11.8 Å². The fourth-order valence-corrected chi connectivity index (χ4v) is 0. The highest BCUT2D eigenvalue weighted by Crippen LogP contribution is 1.88. The Kier molecular flexibility index (Phi) is 1.75. The third kappa shape index (κ3) is 39.5. The monoisotopic (exact) mass is 93.0 g/mol. The molecule has 0 rings (SSSR count). The van der Waals surface area contributed by atoms with Crippen LogP contribution in [0, 0.1) is 5.16 Å². The predicted molar refractivity (Wildman–Crippen MR) is 22.9 cm³/mol. The van der Waals surface area contributed by atoms with Gasteiger partial charge in [0.2, 0.25) is 0 Å². The molecule has 24 valence electrons. The lowest BCUT2D eigenvalue weighted by atomic mass is 12.0. The lowest BCUT2D eigenvalue weighted by Crippen LogP contribution is -1.11. The summed E-state index contributed by atoms with van der Waals surface area (Å²) in [6.07, 6.45) is 0. The van der Waals surface area contributed by atoms with Gasteiger partial charge in [0.1, 0.15) is 0 Å². The van der Waals surface area contributed by atoms with Crippen molar-refractivity contribution in [1.29, 1.82) is 5.16 Å². The van der Waals surface area contributed by atoms with Crippen molar-refractivity contribution in [2.75, 3.05) is 6.66 Å². The van der Waals surface area contributed by atoms with Gasteiger partial charge >= 0.3 is 0 Å². The van der Waals surface area contributed by atoms with E-state index in [9.17, 15) is 0 Å². The Bertz CT molecular complexity index is 56.4. The van der Waals surface area contributed by atoms with Crippen LogP contribution in [0.25, 0.3) is 0 Å². The minimum absolute atomic E-state index is 0.787. The highest BCUT2D eigenvalue weighted by molar-refractivity contribution is 7.99. The first kappa shape index (κ1) is 4.32. The van der Waals surface area contributed by atoms with E-state index in [1.54, 1.807) is 6.66 Å². The van der Waals surface area contributed by atoms with Crippen molar-refractivity contribution in [1.82, 2.24) is 0 Å². The molecular weight excluding hydrogens is 89.1 g/mol. The molecule has 0 aromatic heterocycles. The van der Waals surface area contributed by atoms with Gasteiger partial charge in [-0.1, -0.05) is 0 Å². The van der Waals surface area contributed by atoms with Gasteiger partial charge in [0.05, 0.1) is 0 Å². The van der Waals surface area contributed by atoms with E-state index in [0.29, 0.717) is 0 Å². The predicted octanol–water partition coefficient (Wildman–Crippen LogP) is 1.32. The molecule has 0 aliphatic rings. The molecular formula is CH4NPS. The first-order chi connectivity index (χ1) is 1.73. The Morgan fingerprint density at radius 1 is 2.00 bits per heavy atom. The SMILES string of the molecule is CP(=N)=S. The molecule has 0 heterocycles. The van der Waals surface area contributed by atoms with Gasteiger partial charge in [0.25, 0.3) is 0 Å². The molecule has 0 radical (unpaired) electrons. The maximum atomic E-state index is 6.46. The van der Waals surface area contributed by atoms with Gasteiger partial charge in [-0.25, -0.2) is 0 Å². The lowest BCUT2D eigenvalue weighted by molar-refractivity contribution is 1.64. The van der Waals surface area contributed by atoms with E-state index in [2.05, 4.69) is 11.8 Å². The summed E-state index contributed by atoms with van der Waals surface area (Å²) >= 11 is 4.35. The minimum atomic E-state index is -0.787. The van der Waals surface area contributed by atoms with Crippen LogP contribution in [0.2, 0.25) is 0 Å². The molecule has 1 N–H and O–H groups in total. The van der Waals surface area contributed by atoms with Gasteiger partial charge in [-0.2, -0.15) is 0 Å². The van der Waals surface area contributed by atoms with E-state index in [1.807, 2.05) is 0 Å². The number of hydrogen-bond acceptors (Lipinski definition) is 2. The molecule has 0 bridgehead atoms. The molecule has 0 aliphatic carbocycles. The van der Waals surface area contributed by atoms with Crippen LogP contribution in [0.15, 0.2) is 0 Å². The fraction of sp³-hybridized carbons (Fsp3) is 1.00. The molecule has 0 saturated carbocycles. The highest BCUT2D eigenvalue weighted by atomic mass is 32.4. The summed E-state index contributed by atoms with van der Waals surface area (Å²) < 4.78 is 0. The van der Waals surface area contributed by atoms with Crippen LogP contribution in [0.1, 0.15) is 0 Å². The van der Waals surface area contributed by atoms with E-state index in [-0.39, 0.29) is 0 Å². The molecule has 0 aliphatic heterocycles. The van der Waals surface area contributed by atoms with Gasteiger partial charge in [-0.3, -0.25) is 5.16 Å². The Morgan fingerprint density at radius 3 is 2.00 bits per heavy atom. The van der Waals surface area contributed by atoms with Crippen molar-refractivity contribution in [3.8, 4) is 0 Å². The molecule has 0 spiro atoms. The van der Waals surface area contributed by atoms with E-state index in [0.717, 1.165) is 0 Å². The zero-order valence-corrected chi connectivity index (χ0v) is 4.07. The second kappa shape index (κ2) is 1.62. The van der Waals surface area contributed by atoms with Crippen molar-refractivity contribution >= 4 is 18.3 Å². The molecule has 0 amide bonds. The summed E-state index contributed by atoms with van der Waals surface area (Å²) in [6, 6.07) is 0. The Morgan fingerprint density at radius 2 is 2.00 bits per heavy atom. The topological polar surface area (TPSA) is 23.9 Å². The molecule has 1 unspecified atom stereocenters. The van der Waals surface area contributed by atoms with Crippen LogP contribution >= 0.6 is 6.49 Å². The van der Waals surface area contributed by atoms with Crippen LogP contribution in [0.3, 0.4) is 0 Å². The Hall–Kier alpha value is 0.320. The quantitative estimate of drug-likeness (QED) is 0.448. The third-order valence-corrected chi connectivity index (χ3v) is 0. The molecule has 1 nitrogen and oxygen atoms in total. The van der Waals surface area contributed by atoms with E-state index < -0.39 is 6.49 Å². The molecule has 3 heteroatoms. The van der Waals surface area contributed by atoms with Crippen LogP contribution in [0.5, 0.6) is 0 Å². The number of rotatable bonds is 0. The zero-order valence-electron chi connectivity index (χ0n) is 2.36. The second-order valence-electron chi connectivity index (χ2n) is 0.497.